The molecule has 0 radical (unpaired) electrons. The van der Waals surface area contributed by atoms with Crippen LogP contribution in [-0.2, 0) is 20.9 Å². The maximum absolute atomic E-state index is 11.9. The molecular weight excluding hydrogens is 294 g/mol. The summed E-state index contributed by atoms with van der Waals surface area (Å²) in [5.41, 5.74) is 1.39. The summed E-state index contributed by atoms with van der Waals surface area (Å²) < 4.78 is 9.96. The van der Waals surface area contributed by atoms with E-state index in [0.717, 1.165) is 5.56 Å². The molecular formula is C18H23NO4. The molecule has 1 N–H and O–H groups in total. The Bertz CT molecular complexity index is 562. The zero-order valence-corrected chi connectivity index (χ0v) is 13.7. The summed E-state index contributed by atoms with van der Waals surface area (Å²) >= 11 is 0. The van der Waals surface area contributed by atoms with E-state index in [2.05, 4.69) is 5.32 Å². The molecule has 0 aliphatic heterocycles. The summed E-state index contributed by atoms with van der Waals surface area (Å²) in [4.78, 5) is 23.2. The van der Waals surface area contributed by atoms with Gasteiger partial charge in [0.25, 0.3) is 0 Å². The van der Waals surface area contributed by atoms with Crippen LogP contribution in [0.1, 0.15) is 26.3 Å². The Hall–Kier alpha value is -2.56. The number of hydrogen-bond acceptors (Lipinski definition) is 4. The first kappa shape index (κ1) is 18.5. The second-order valence-electron chi connectivity index (χ2n) is 5.14. The first-order valence-corrected chi connectivity index (χ1v) is 7.55. The summed E-state index contributed by atoms with van der Waals surface area (Å²) in [5, 5.41) is 2.62. The molecule has 23 heavy (non-hydrogen) atoms. The monoisotopic (exact) mass is 317 g/mol. The SMILES string of the molecule is CCOC(=O)/C=C/C(=C/C(C)C)NC(=O)OCc1ccccc1. The van der Waals surface area contributed by atoms with Gasteiger partial charge in [0.15, 0.2) is 0 Å². The van der Waals surface area contributed by atoms with Crippen molar-refractivity contribution < 1.29 is 19.1 Å². The zero-order chi connectivity index (χ0) is 17.1. The molecule has 1 aromatic carbocycles. The topological polar surface area (TPSA) is 64.6 Å². The lowest BCUT2D eigenvalue weighted by Gasteiger charge is -2.09. The Morgan fingerprint density at radius 3 is 2.43 bits per heavy atom. The highest BCUT2D eigenvalue weighted by Gasteiger charge is 2.06. The average Bonchev–Trinajstić information content (AvgIpc) is 2.51. The third-order valence-corrected chi connectivity index (χ3v) is 2.66. The van der Waals surface area contributed by atoms with Crippen LogP contribution in [0.15, 0.2) is 54.3 Å². The van der Waals surface area contributed by atoms with Crippen molar-refractivity contribution in [3.8, 4) is 0 Å². The number of nitrogens with one attached hydrogen (secondary N) is 1. The van der Waals surface area contributed by atoms with E-state index < -0.39 is 12.1 Å². The Balaban J connectivity index is 2.59. The second kappa shape index (κ2) is 10.2. The van der Waals surface area contributed by atoms with Gasteiger partial charge in [-0.2, -0.15) is 0 Å². The molecule has 0 unspecified atom stereocenters. The van der Waals surface area contributed by atoms with Gasteiger partial charge in [-0.05, 0) is 24.5 Å². The maximum Gasteiger partial charge on any atom is 0.411 e. The minimum absolute atomic E-state index is 0.184. The Kier molecular flexibility index (Phi) is 8.21. The summed E-state index contributed by atoms with van der Waals surface area (Å²) in [6, 6.07) is 9.40. The summed E-state index contributed by atoms with van der Waals surface area (Å²) in [5.74, 6) is -0.257. The molecule has 1 rings (SSSR count). The molecule has 0 atom stereocenters. The van der Waals surface area contributed by atoms with Gasteiger partial charge in [-0.25, -0.2) is 9.59 Å². The maximum atomic E-state index is 11.9. The molecule has 124 valence electrons. The molecule has 0 heterocycles. The first-order valence-electron chi connectivity index (χ1n) is 7.55. The minimum Gasteiger partial charge on any atom is -0.463 e. The fraction of sp³-hybridized carbons (Fsp3) is 0.333. The van der Waals surface area contributed by atoms with E-state index in [1.807, 2.05) is 50.3 Å². The quantitative estimate of drug-likeness (QED) is 0.474. The van der Waals surface area contributed by atoms with E-state index in [1.165, 1.54) is 12.2 Å². The fourth-order valence-corrected chi connectivity index (χ4v) is 1.72. The Labute approximate surface area is 137 Å². The van der Waals surface area contributed by atoms with E-state index in [1.54, 1.807) is 6.92 Å². The van der Waals surface area contributed by atoms with Gasteiger partial charge in [0, 0.05) is 11.8 Å². The van der Waals surface area contributed by atoms with Crippen molar-refractivity contribution in [3.63, 3.8) is 0 Å². The van der Waals surface area contributed by atoms with Gasteiger partial charge in [0.1, 0.15) is 6.61 Å². The smallest absolute Gasteiger partial charge is 0.411 e. The lowest BCUT2D eigenvalue weighted by Crippen LogP contribution is -2.23. The number of carbonyl (C=O) groups is 2. The van der Waals surface area contributed by atoms with Crippen molar-refractivity contribution in [2.24, 2.45) is 5.92 Å². The number of carbonyl (C=O) groups excluding carboxylic acids is 2. The van der Waals surface area contributed by atoms with E-state index in [4.69, 9.17) is 9.47 Å². The normalized spacial score (nSPS) is 11.6. The van der Waals surface area contributed by atoms with Gasteiger partial charge in [0.2, 0.25) is 0 Å². The van der Waals surface area contributed by atoms with Gasteiger partial charge in [0.05, 0.1) is 6.61 Å². The molecule has 0 aromatic heterocycles. The first-order chi connectivity index (χ1) is 11.0. The second-order valence-corrected chi connectivity index (χ2v) is 5.14. The Morgan fingerprint density at radius 2 is 1.83 bits per heavy atom. The van der Waals surface area contributed by atoms with Crippen molar-refractivity contribution in [1.29, 1.82) is 0 Å². The molecule has 0 saturated carbocycles. The van der Waals surface area contributed by atoms with E-state index >= 15 is 0 Å². The Morgan fingerprint density at radius 1 is 1.13 bits per heavy atom. The van der Waals surface area contributed by atoms with Crippen LogP contribution in [0.2, 0.25) is 0 Å². The van der Waals surface area contributed by atoms with E-state index in [0.29, 0.717) is 12.3 Å². The third-order valence-electron chi connectivity index (χ3n) is 2.66. The molecule has 0 aliphatic carbocycles. The predicted octanol–water partition coefficient (Wildman–Crippen LogP) is 3.57. The summed E-state index contributed by atoms with van der Waals surface area (Å²) in [6.07, 6.45) is 4.02. The number of allylic oxidation sites excluding steroid dienone is 2. The molecule has 1 aromatic rings. The van der Waals surface area contributed by atoms with E-state index in [9.17, 15) is 9.59 Å². The van der Waals surface area contributed by atoms with Crippen molar-refractivity contribution >= 4 is 12.1 Å². The van der Waals surface area contributed by atoms with Crippen molar-refractivity contribution in [3.05, 3.63) is 59.8 Å². The standard InChI is InChI=1S/C18H23NO4/c1-4-22-17(20)11-10-16(12-14(2)3)19-18(21)23-13-15-8-6-5-7-9-15/h5-12,14H,4,13H2,1-3H3,(H,19,21)/b11-10+,16-12-. The molecule has 0 fully saturated rings. The van der Waals surface area contributed by atoms with E-state index in [-0.39, 0.29) is 12.5 Å². The van der Waals surface area contributed by atoms with Crippen LogP contribution in [0.5, 0.6) is 0 Å². The van der Waals surface area contributed by atoms with Crippen LogP contribution in [0.3, 0.4) is 0 Å². The van der Waals surface area contributed by atoms with Crippen LogP contribution in [0.25, 0.3) is 0 Å². The lowest BCUT2D eigenvalue weighted by atomic mass is 10.2. The molecule has 5 nitrogen and oxygen atoms in total. The van der Waals surface area contributed by atoms with Crippen LogP contribution in [0.4, 0.5) is 4.79 Å². The molecule has 0 saturated heterocycles. The van der Waals surface area contributed by atoms with Gasteiger partial charge < -0.3 is 9.47 Å². The largest absolute Gasteiger partial charge is 0.463 e. The average molecular weight is 317 g/mol. The summed E-state index contributed by atoms with van der Waals surface area (Å²) in [7, 11) is 0. The van der Waals surface area contributed by atoms with Crippen LogP contribution in [-0.4, -0.2) is 18.7 Å². The van der Waals surface area contributed by atoms with Crippen LogP contribution >= 0.6 is 0 Å². The highest BCUT2D eigenvalue weighted by molar-refractivity contribution is 5.82. The van der Waals surface area contributed by atoms with Crippen LogP contribution in [0, 0.1) is 5.92 Å². The molecule has 0 aliphatic rings. The number of esters is 1. The lowest BCUT2D eigenvalue weighted by molar-refractivity contribution is -0.137. The van der Waals surface area contributed by atoms with Gasteiger partial charge >= 0.3 is 12.1 Å². The molecule has 0 spiro atoms. The number of alkyl carbamates (subject to hydrolysis) is 1. The van der Waals surface area contributed by atoms with Crippen LogP contribution < -0.4 is 5.32 Å². The minimum atomic E-state index is -0.575. The van der Waals surface area contributed by atoms with Gasteiger partial charge in [-0.1, -0.05) is 50.3 Å². The number of rotatable bonds is 7. The molecule has 0 bridgehead atoms. The number of ether oxygens (including phenoxy) is 2. The van der Waals surface area contributed by atoms with Crippen molar-refractivity contribution in [2.75, 3.05) is 6.61 Å². The third kappa shape index (κ3) is 8.46. The molecule has 5 heteroatoms. The fourth-order valence-electron chi connectivity index (χ4n) is 1.72. The molecule has 1 amide bonds. The van der Waals surface area contributed by atoms with Crippen molar-refractivity contribution in [1.82, 2.24) is 5.32 Å². The highest BCUT2D eigenvalue weighted by atomic mass is 16.5. The predicted molar refractivity (Wildman–Crippen MR) is 88.5 cm³/mol. The van der Waals surface area contributed by atoms with Crippen molar-refractivity contribution in [2.45, 2.75) is 27.4 Å². The summed E-state index contributed by atoms with van der Waals surface area (Å²) in [6.45, 7) is 6.16. The highest BCUT2D eigenvalue weighted by Crippen LogP contribution is 2.04. The van der Waals surface area contributed by atoms with Gasteiger partial charge in [-0.3, -0.25) is 5.32 Å². The zero-order valence-electron chi connectivity index (χ0n) is 13.7. The number of benzene rings is 1. The van der Waals surface area contributed by atoms with Gasteiger partial charge in [-0.15, -0.1) is 0 Å². The number of hydrogen-bond donors (Lipinski definition) is 1. The number of amides is 1.